The van der Waals surface area contributed by atoms with Crippen LogP contribution in [0.4, 0.5) is 11.4 Å². The van der Waals surface area contributed by atoms with Gasteiger partial charge in [0, 0.05) is 43.6 Å². The second-order valence-corrected chi connectivity index (χ2v) is 9.68. The van der Waals surface area contributed by atoms with Crippen molar-refractivity contribution < 1.29 is 13.2 Å². The van der Waals surface area contributed by atoms with Crippen molar-refractivity contribution >= 4 is 27.3 Å². The highest BCUT2D eigenvalue weighted by Gasteiger charge is 2.18. The van der Waals surface area contributed by atoms with Gasteiger partial charge < -0.3 is 9.80 Å². The Bertz CT molecular complexity index is 969. The lowest BCUT2D eigenvalue weighted by Gasteiger charge is -2.31. The molecule has 2 aromatic rings. The Kier molecular flexibility index (Phi) is 7.37. The van der Waals surface area contributed by atoms with Gasteiger partial charge in [-0.15, -0.1) is 0 Å². The SMILES string of the molecule is CCCS(=O)(=O)Nc1cccc(C(=O)N(C)Cc2ccccc2N2CCCCC2)c1. The number of nitrogens with zero attached hydrogens (tertiary/aromatic N) is 2. The van der Waals surface area contributed by atoms with Gasteiger partial charge in [0.1, 0.15) is 0 Å². The molecule has 162 valence electrons. The van der Waals surface area contributed by atoms with E-state index in [1.165, 1.54) is 24.9 Å². The molecule has 0 atom stereocenters. The van der Waals surface area contributed by atoms with E-state index in [9.17, 15) is 13.2 Å². The maximum Gasteiger partial charge on any atom is 0.253 e. The number of hydrogen-bond acceptors (Lipinski definition) is 4. The summed E-state index contributed by atoms with van der Waals surface area (Å²) in [7, 11) is -1.61. The Morgan fingerprint density at radius 1 is 1.07 bits per heavy atom. The molecule has 0 saturated carbocycles. The highest BCUT2D eigenvalue weighted by Crippen LogP contribution is 2.25. The molecule has 0 unspecified atom stereocenters. The first-order valence-electron chi connectivity index (χ1n) is 10.6. The third kappa shape index (κ3) is 5.75. The zero-order valence-electron chi connectivity index (χ0n) is 17.8. The van der Waals surface area contributed by atoms with Gasteiger partial charge in [0.05, 0.1) is 5.75 Å². The van der Waals surface area contributed by atoms with Crippen LogP contribution in [-0.2, 0) is 16.6 Å². The zero-order valence-corrected chi connectivity index (χ0v) is 18.6. The van der Waals surface area contributed by atoms with Crippen LogP contribution < -0.4 is 9.62 Å². The van der Waals surface area contributed by atoms with Crippen LogP contribution in [-0.4, -0.2) is 45.1 Å². The van der Waals surface area contributed by atoms with Crippen LogP contribution in [0.5, 0.6) is 0 Å². The van der Waals surface area contributed by atoms with Gasteiger partial charge in [-0.1, -0.05) is 31.2 Å². The largest absolute Gasteiger partial charge is 0.371 e. The van der Waals surface area contributed by atoms with Crippen LogP contribution in [0.3, 0.4) is 0 Å². The Morgan fingerprint density at radius 2 is 1.80 bits per heavy atom. The highest BCUT2D eigenvalue weighted by atomic mass is 32.2. The number of nitrogens with one attached hydrogen (secondary N) is 1. The molecule has 1 N–H and O–H groups in total. The molecule has 1 aliphatic rings. The fraction of sp³-hybridized carbons (Fsp3) is 0.435. The monoisotopic (exact) mass is 429 g/mol. The standard InChI is InChI=1S/C23H31N3O3S/c1-3-16-30(28,29)24-21-12-9-11-19(17-21)23(27)25(2)18-20-10-5-6-13-22(20)26-14-7-4-8-15-26/h5-6,9-13,17,24H,3-4,7-8,14-16,18H2,1-2H3. The van der Waals surface area contributed by atoms with Crippen LogP contribution in [0, 0.1) is 0 Å². The van der Waals surface area contributed by atoms with Crippen molar-refractivity contribution in [3.63, 3.8) is 0 Å². The van der Waals surface area contributed by atoms with Gasteiger partial charge in [0.15, 0.2) is 0 Å². The quantitative estimate of drug-likeness (QED) is 0.686. The third-order valence-electron chi connectivity index (χ3n) is 5.30. The Morgan fingerprint density at radius 3 is 2.53 bits per heavy atom. The Labute approximate surface area is 179 Å². The Hall–Kier alpha value is -2.54. The van der Waals surface area contributed by atoms with Crippen LogP contribution in [0.1, 0.15) is 48.5 Å². The normalized spacial score (nSPS) is 14.4. The van der Waals surface area contributed by atoms with Crippen molar-refractivity contribution in [1.29, 1.82) is 0 Å². The summed E-state index contributed by atoms with van der Waals surface area (Å²) in [6.07, 6.45) is 4.20. The number of hydrogen-bond donors (Lipinski definition) is 1. The summed E-state index contributed by atoms with van der Waals surface area (Å²) >= 11 is 0. The molecular formula is C23H31N3O3S. The molecule has 0 bridgehead atoms. The molecule has 7 heteroatoms. The summed E-state index contributed by atoms with van der Waals surface area (Å²) in [6.45, 7) is 4.41. The number of amides is 1. The van der Waals surface area contributed by atoms with Crippen LogP contribution in [0.15, 0.2) is 48.5 Å². The van der Waals surface area contributed by atoms with E-state index < -0.39 is 10.0 Å². The van der Waals surface area contributed by atoms with E-state index >= 15 is 0 Å². The molecule has 0 radical (unpaired) electrons. The minimum absolute atomic E-state index is 0.0539. The van der Waals surface area contributed by atoms with Gasteiger partial charge in [-0.3, -0.25) is 9.52 Å². The predicted molar refractivity (Wildman–Crippen MR) is 122 cm³/mol. The minimum atomic E-state index is -3.39. The number of benzene rings is 2. The first kappa shape index (κ1) is 22.2. The average molecular weight is 430 g/mol. The van der Waals surface area contributed by atoms with Gasteiger partial charge >= 0.3 is 0 Å². The van der Waals surface area contributed by atoms with E-state index in [1.54, 1.807) is 36.2 Å². The molecule has 6 nitrogen and oxygen atoms in total. The molecule has 1 heterocycles. The first-order chi connectivity index (χ1) is 14.4. The first-order valence-corrected chi connectivity index (χ1v) is 12.2. The van der Waals surface area contributed by atoms with Crippen molar-refractivity contribution in [2.45, 2.75) is 39.2 Å². The minimum Gasteiger partial charge on any atom is -0.371 e. The number of para-hydroxylation sites is 1. The number of carbonyl (C=O) groups excluding carboxylic acids is 1. The highest BCUT2D eigenvalue weighted by molar-refractivity contribution is 7.92. The van der Waals surface area contributed by atoms with Crippen molar-refractivity contribution in [2.75, 3.05) is 35.5 Å². The van der Waals surface area contributed by atoms with Gasteiger partial charge in [0.2, 0.25) is 10.0 Å². The molecule has 0 aliphatic carbocycles. The lowest BCUT2D eigenvalue weighted by molar-refractivity contribution is 0.0785. The molecule has 1 amide bonds. The molecule has 1 fully saturated rings. The maximum absolute atomic E-state index is 13.0. The van der Waals surface area contributed by atoms with Crippen LogP contribution in [0.2, 0.25) is 0 Å². The maximum atomic E-state index is 13.0. The van der Waals surface area contributed by atoms with Gasteiger partial charge in [-0.2, -0.15) is 0 Å². The third-order valence-corrected chi connectivity index (χ3v) is 6.79. The average Bonchev–Trinajstić information content (AvgIpc) is 2.74. The molecule has 3 rings (SSSR count). The zero-order chi connectivity index (χ0) is 21.6. The van der Waals surface area contributed by atoms with Crippen molar-refractivity contribution in [3.8, 4) is 0 Å². The number of sulfonamides is 1. The van der Waals surface area contributed by atoms with Crippen LogP contribution in [0.25, 0.3) is 0 Å². The van der Waals surface area contributed by atoms with E-state index in [2.05, 4.69) is 21.8 Å². The molecule has 1 saturated heterocycles. The summed E-state index contributed by atoms with van der Waals surface area (Å²) in [5.41, 5.74) is 3.19. The number of anilines is 2. The predicted octanol–water partition coefficient (Wildman–Crippen LogP) is 4.10. The van der Waals surface area contributed by atoms with Crippen molar-refractivity contribution in [2.24, 2.45) is 0 Å². The molecule has 30 heavy (non-hydrogen) atoms. The van der Waals surface area contributed by atoms with E-state index in [1.807, 2.05) is 19.1 Å². The van der Waals surface area contributed by atoms with E-state index in [-0.39, 0.29) is 11.7 Å². The fourth-order valence-corrected chi connectivity index (χ4v) is 4.98. The molecule has 0 aromatic heterocycles. The van der Waals surface area contributed by atoms with Gasteiger partial charge in [-0.05, 0) is 55.5 Å². The molecule has 1 aliphatic heterocycles. The number of rotatable bonds is 8. The van der Waals surface area contributed by atoms with Gasteiger partial charge in [-0.25, -0.2) is 8.42 Å². The lowest BCUT2D eigenvalue weighted by Crippen LogP contribution is -2.32. The smallest absolute Gasteiger partial charge is 0.253 e. The van der Waals surface area contributed by atoms with Crippen LogP contribution >= 0.6 is 0 Å². The molecular weight excluding hydrogens is 398 g/mol. The molecule has 0 spiro atoms. The summed E-state index contributed by atoms with van der Waals surface area (Å²) < 4.78 is 26.6. The van der Waals surface area contributed by atoms with E-state index in [4.69, 9.17) is 0 Å². The second kappa shape index (κ2) is 9.98. The van der Waals surface area contributed by atoms with Crippen molar-refractivity contribution in [1.82, 2.24) is 4.90 Å². The summed E-state index contributed by atoms with van der Waals surface area (Å²) in [5.74, 6) is -0.0850. The Balaban J connectivity index is 1.73. The fourth-order valence-electron chi connectivity index (χ4n) is 3.85. The van der Waals surface area contributed by atoms with E-state index in [0.717, 1.165) is 18.7 Å². The number of piperidine rings is 1. The van der Waals surface area contributed by atoms with E-state index in [0.29, 0.717) is 24.2 Å². The summed E-state index contributed by atoms with van der Waals surface area (Å²) in [5, 5.41) is 0. The summed E-state index contributed by atoms with van der Waals surface area (Å²) in [4.78, 5) is 17.1. The van der Waals surface area contributed by atoms with Crippen molar-refractivity contribution in [3.05, 3.63) is 59.7 Å². The topological polar surface area (TPSA) is 69.7 Å². The number of carbonyl (C=O) groups is 1. The summed E-state index contributed by atoms with van der Waals surface area (Å²) in [6, 6.07) is 14.9. The lowest BCUT2D eigenvalue weighted by atomic mass is 10.1. The van der Waals surface area contributed by atoms with Gasteiger partial charge in [0.25, 0.3) is 5.91 Å². The second-order valence-electron chi connectivity index (χ2n) is 7.84. The molecule has 2 aromatic carbocycles.